The summed E-state index contributed by atoms with van der Waals surface area (Å²) in [6, 6.07) is 0. The first-order valence-corrected chi connectivity index (χ1v) is 4.41. The van der Waals surface area contributed by atoms with Gasteiger partial charge in [-0.3, -0.25) is 4.79 Å². The number of piperidine rings is 1. The highest BCUT2D eigenvalue weighted by atomic mass is 16.3. The quantitative estimate of drug-likeness (QED) is 0.580. The fourth-order valence-electron chi connectivity index (χ4n) is 1.51. The van der Waals surface area contributed by atoms with Crippen LogP contribution in [0.5, 0.6) is 0 Å². The summed E-state index contributed by atoms with van der Waals surface area (Å²) < 4.78 is 0. The Bertz CT molecular complexity index is 189. The summed E-state index contributed by atoms with van der Waals surface area (Å²) in [6.07, 6.45) is 0.688. The van der Waals surface area contributed by atoms with Gasteiger partial charge < -0.3 is 10.0 Å². The first kappa shape index (κ1) is 9.52. The molecule has 12 heavy (non-hydrogen) atoms. The molecule has 0 aliphatic carbocycles. The lowest BCUT2D eigenvalue weighted by Crippen LogP contribution is -2.50. The lowest BCUT2D eigenvalue weighted by Gasteiger charge is -2.40. The van der Waals surface area contributed by atoms with E-state index in [9.17, 15) is 9.90 Å². The Labute approximate surface area is 73.4 Å². The van der Waals surface area contributed by atoms with Crippen LogP contribution in [-0.2, 0) is 4.79 Å². The molecule has 0 aromatic rings. The molecule has 0 spiro atoms. The van der Waals surface area contributed by atoms with Gasteiger partial charge >= 0.3 is 0 Å². The first-order chi connectivity index (χ1) is 5.43. The molecule has 0 unspecified atom stereocenters. The predicted molar refractivity (Wildman–Crippen MR) is 46.7 cm³/mol. The van der Waals surface area contributed by atoms with Crippen molar-refractivity contribution >= 4 is 5.91 Å². The summed E-state index contributed by atoms with van der Waals surface area (Å²) in [5.74, 6) is 0.285. The molecule has 1 rings (SSSR count). The van der Waals surface area contributed by atoms with E-state index in [0.717, 1.165) is 0 Å². The summed E-state index contributed by atoms with van der Waals surface area (Å²) in [5, 5.41) is 9.80. The standard InChI is InChI=1S/C9H17NO2/c1-7-6-10(8(2)11)5-4-9(7,3)12/h7,12H,4-6H2,1-3H3/t7-,9-/m0/s1. The minimum Gasteiger partial charge on any atom is -0.390 e. The van der Waals surface area contributed by atoms with Gasteiger partial charge in [-0.2, -0.15) is 0 Å². The summed E-state index contributed by atoms with van der Waals surface area (Å²) in [4.78, 5) is 12.8. The van der Waals surface area contributed by atoms with Crippen LogP contribution in [0.2, 0.25) is 0 Å². The van der Waals surface area contributed by atoms with Gasteiger partial charge in [0.2, 0.25) is 5.91 Å². The van der Waals surface area contributed by atoms with E-state index in [-0.39, 0.29) is 11.8 Å². The van der Waals surface area contributed by atoms with Crippen LogP contribution in [-0.4, -0.2) is 34.6 Å². The molecule has 0 bridgehead atoms. The van der Waals surface area contributed by atoms with Crippen molar-refractivity contribution in [3.63, 3.8) is 0 Å². The van der Waals surface area contributed by atoms with Crippen LogP contribution in [0.4, 0.5) is 0 Å². The van der Waals surface area contributed by atoms with Crippen molar-refractivity contribution in [1.82, 2.24) is 4.90 Å². The van der Waals surface area contributed by atoms with E-state index in [1.165, 1.54) is 0 Å². The van der Waals surface area contributed by atoms with Gasteiger partial charge in [-0.15, -0.1) is 0 Å². The minimum absolute atomic E-state index is 0.109. The highest BCUT2D eigenvalue weighted by Crippen LogP contribution is 2.26. The van der Waals surface area contributed by atoms with E-state index in [2.05, 4.69) is 0 Å². The van der Waals surface area contributed by atoms with E-state index in [4.69, 9.17) is 0 Å². The van der Waals surface area contributed by atoms with Crippen LogP contribution in [0.15, 0.2) is 0 Å². The van der Waals surface area contributed by atoms with Crippen molar-refractivity contribution < 1.29 is 9.90 Å². The van der Waals surface area contributed by atoms with Crippen molar-refractivity contribution in [3.8, 4) is 0 Å². The molecular formula is C9H17NO2. The molecule has 1 fully saturated rings. The fraction of sp³-hybridized carbons (Fsp3) is 0.889. The average molecular weight is 171 g/mol. The van der Waals surface area contributed by atoms with Crippen molar-refractivity contribution in [3.05, 3.63) is 0 Å². The van der Waals surface area contributed by atoms with Gasteiger partial charge in [0.25, 0.3) is 0 Å². The minimum atomic E-state index is -0.591. The first-order valence-electron chi connectivity index (χ1n) is 4.41. The smallest absolute Gasteiger partial charge is 0.219 e. The molecule has 1 N–H and O–H groups in total. The number of rotatable bonds is 0. The predicted octanol–water partition coefficient (Wildman–Crippen LogP) is 0.626. The maximum atomic E-state index is 11.0. The van der Waals surface area contributed by atoms with Crippen LogP contribution in [0.3, 0.4) is 0 Å². The van der Waals surface area contributed by atoms with Crippen LogP contribution < -0.4 is 0 Å². The van der Waals surface area contributed by atoms with E-state index in [1.807, 2.05) is 13.8 Å². The van der Waals surface area contributed by atoms with Crippen LogP contribution in [0.1, 0.15) is 27.2 Å². The molecule has 2 atom stereocenters. The summed E-state index contributed by atoms with van der Waals surface area (Å²) in [6.45, 7) is 6.77. The van der Waals surface area contributed by atoms with Crippen LogP contribution in [0.25, 0.3) is 0 Å². The van der Waals surface area contributed by atoms with Crippen LogP contribution >= 0.6 is 0 Å². The van der Waals surface area contributed by atoms with Crippen LogP contribution in [0, 0.1) is 5.92 Å². The molecule has 0 saturated carbocycles. The highest BCUT2D eigenvalue weighted by molar-refractivity contribution is 5.73. The molecule has 0 aromatic carbocycles. The summed E-state index contributed by atoms with van der Waals surface area (Å²) in [5.41, 5.74) is -0.591. The van der Waals surface area contributed by atoms with Gasteiger partial charge in [0.15, 0.2) is 0 Å². The number of amides is 1. The number of likely N-dealkylation sites (tertiary alicyclic amines) is 1. The van der Waals surface area contributed by atoms with Gasteiger partial charge in [0, 0.05) is 25.9 Å². The largest absolute Gasteiger partial charge is 0.390 e. The third-order valence-corrected chi connectivity index (χ3v) is 2.89. The molecule has 3 heteroatoms. The number of carbonyl (C=O) groups excluding carboxylic acids is 1. The Kier molecular flexibility index (Phi) is 2.42. The van der Waals surface area contributed by atoms with Gasteiger partial charge in [-0.05, 0) is 13.3 Å². The van der Waals surface area contributed by atoms with E-state index >= 15 is 0 Å². The zero-order valence-corrected chi connectivity index (χ0v) is 8.00. The molecule has 70 valence electrons. The Morgan fingerprint density at radius 1 is 1.67 bits per heavy atom. The second-order valence-electron chi connectivity index (χ2n) is 3.97. The van der Waals surface area contributed by atoms with Gasteiger partial charge in [-0.1, -0.05) is 6.92 Å². The van der Waals surface area contributed by atoms with E-state index in [0.29, 0.717) is 19.5 Å². The Hall–Kier alpha value is -0.570. The van der Waals surface area contributed by atoms with Gasteiger partial charge in [-0.25, -0.2) is 0 Å². The van der Waals surface area contributed by atoms with Gasteiger partial charge in [0.1, 0.15) is 0 Å². The number of nitrogens with zero attached hydrogens (tertiary/aromatic N) is 1. The van der Waals surface area contributed by atoms with Crippen molar-refractivity contribution in [1.29, 1.82) is 0 Å². The number of aliphatic hydroxyl groups is 1. The second kappa shape index (κ2) is 3.05. The Morgan fingerprint density at radius 3 is 2.67 bits per heavy atom. The summed E-state index contributed by atoms with van der Waals surface area (Å²) >= 11 is 0. The topological polar surface area (TPSA) is 40.5 Å². The Morgan fingerprint density at radius 2 is 2.25 bits per heavy atom. The molecule has 3 nitrogen and oxygen atoms in total. The average Bonchev–Trinajstić information content (AvgIpc) is 1.94. The SMILES string of the molecule is CC(=O)N1CC[C@](C)(O)[C@@H](C)C1. The Balaban J connectivity index is 2.58. The van der Waals surface area contributed by atoms with Crippen molar-refractivity contribution in [2.45, 2.75) is 32.8 Å². The molecule has 0 radical (unpaired) electrons. The maximum Gasteiger partial charge on any atom is 0.219 e. The normalized spacial score (nSPS) is 36.7. The number of hydrogen-bond donors (Lipinski definition) is 1. The zero-order chi connectivity index (χ0) is 9.35. The second-order valence-corrected chi connectivity index (χ2v) is 3.97. The lowest BCUT2D eigenvalue weighted by molar-refractivity contribution is -0.135. The molecule has 1 heterocycles. The molecule has 1 aliphatic heterocycles. The summed E-state index contributed by atoms with van der Waals surface area (Å²) in [7, 11) is 0. The monoisotopic (exact) mass is 171 g/mol. The highest BCUT2D eigenvalue weighted by Gasteiger charge is 2.34. The third-order valence-electron chi connectivity index (χ3n) is 2.89. The van der Waals surface area contributed by atoms with Crippen molar-refractivity contribution in [2.75, 3.05) is 13.1 Å². The molecular weight excluding hydrogens is 154 g/mol. The van der Waals surface area contributed by atoms with E-state index < -0.39 is 5.60 Å². The fourth-order valence-corrected chi connectivity index (χ4v) is 1.51. The molecule has 1 amide bonds. The molecule has 1 aliphatic rings. The van der Waals surface area contributed by atoms with Crippen molar-refractivity contribution in [2.24, 2.45) is 5.92 Å². The van der Waals surface area contributed by atoms with E-state index in [1.54, 1.807) is 11.8 Å². The molecule has 1 saturated heterocycles. The number of carbonyl (C=O) groups is 1. The third kappa shape index (κ3) is 1.78. The lowest BCUT2D eigenvalue weighted by atomic mass is 9.84. The maximum absolute atomic E-state index is 11.0. The number of hydrogen-bond acceptors (Lipinski definition) is 2. The molecule has 0 aromatic heterocycles. The van der Waals surface area contributed by atoms with Gasteiger partial charge in [0.05, 0.1) is 5.60 Å². The zero-order valence-electron chi connectivity index (χ0n) is 8.00.